The number of pyridine rings is 1. The molecule has 230 valence electrons. The summed E-state index contributed by atoms with van der Waals surface area (Å²) in [6.45, 7) is 7.65. The first-order valence-electron chi connectivity index (χ1n) is 14.0. The number of phenols is 1. The van der Waals surface area contributed by atoms with Crippen molar-refractivity contribution in [1.82, 2.24) is 14.4 Å². The summed E-state index contributed by atoms with van der Waals surface area (Å²) in [4.78, 5) is 32.4. The summed E-state index contributed by atoms with van der Waals surface area (Å²) in [6.07, 6.45) is 5.50. The largest absolute Gasteiger partial charge is 0.507 e. The van der Waals surface area contributed by atoms with E-state index >= 15 is 4.39 Å². The van der Waals surface area contributed by atoms with Gasteiger partial charge in [0.15, 0.2) is 0 Å². The number of hydrogen-bond donors (Lipinski definition) is 1. The normalized spacial score (nSPS) is 14.4. The van der Waals surface area contributed by atoms with E-state index < -0.39 is 5.82 Å². The number of carbonyl (C=O) groups is 1. The number of carbonyl (C=O) groups excluding carboxylic acids is 1. The van der Waals surface area contributed by atoms with Gasteiger partial charge in [0.25, 0.3) is 5.56 Å². The zero-order valence-electron chi connectivity index (χ0n) is 25.5. The lowest BCUT2D eigenvalue weighted by Gasteiger charge is -2.44. The lowest BCUT2D eigenvalue weighted by molar-refractivity contribution is -0.107. The molecular formula is C32H39ClFN5O4. The summed E-state index contributed by atoms with van der Waals surface area (Å²) in [5.74, 6) is -0.712. The number of piperazine rings is 1. The van der Waals surface area contributed by atoms with Crippen LogP contribution in [-0.2, 0) is 16.6 Å². The van der Waals surface area contributed by atoms with Crippen molar-refractivity contribution in [2.24, 2.45) is 7.05 Å². The number of nitrogens with zero attached hydrogens (tertiary/aromatic N) is 5. The fourth-order valence-electron chi connectivity index (χ4n) is 5.37. The van der Waals surface area contributed by atoms with Crippen LogP contribution in [0.4, 0.5) is 15.8 Å². The number of aromatic nitrogens is 1. The number of anilines is 2. The molecule has 0 unspecified atom stereocenters. The molecule has 2 heterocycles. The molecule has 0 saturated carbocycles. The molecule has 0 aliphatic carbocycles. The maximum Gasteiger partial charge on any atom is 0.273 e. The van der Waals surface area contributed by atoms with Crippen LogP contribution < -0.4 is 15.4 Å². The van der Waals surface area contributed by atoms with Gasteiger partial charge in [-0.3, -0.25) is 19.4 Å². The van der Waals surface area contributed by atoms with Crippen LogP contribution in [0.5, 0.6) is 5.75 Å². The number of halogens is 2. The molecule has 1 amide bonds. The van der Waals surface area contributed by atoms with Crippen molar-refractivity contribution in [3.63, 3.8) is 0 Å². The molecule has 11 heteroatoms. The SMILES string of the molecule is COCC(C)(C)N1CCN(c2cc(-c3cc(F)cc(-c4ccc(N(C=O)/C=C\N(C)C)c(Cl)c4)c3O)cn(C)c2=O)CC1. The van der Waals surface area contributed by atoms with Crippen LogP contribution in [0.25, 0.3) is 22.3 Å². The van der Waals surface area contributed by atoms with Crippen molar-refractivity contribution in [2.45, 2.75) is 19.4 Å². The van der Waals surface area contributed by atoms with Gasteiger partial charge >= 0.3 is 0 Å². The van der Waals surface area contributed by atoms with Gasteiger partial charge in [-0.1, -0.05) is 17.7 Å². The van der Waals surface area contributed by atoms with Gasteiger partial charge in [-0.25, -0.2) is 4.39 Å². The first kappa shape index (κ1) is 32.1. The Balaban J connectivity index is 1.69. The van der Waals surface area contributed by atoms with E-state index in [1.54, 1.807) is 61.9 Å². The van der Waals surface area contributed by atoms with Crippen molar-refractivity contribution < 1.29 is 19.0 Å². The van der Waals surface area contributed by atoms with E-state index in [9.17, 15) is 14.7 Å². The van der Waals surface area contributed by atoms with Crippen LogP contribution >= 0.6 is 11.6 Å². The molecule has 1 aromatic heterocycles. The fourth-order valence-corrected chi connectivity index (χ4v) is 5.64. The Hall–Kier alpha value is -3.86. The van der Waals surface area contributed by atoms with E-state index in [1.165, 1.54) is 21.6 Å². The van der Waals surface area contributed by atoms with Gasteiger partial charge in [-0.15, -0.1) is 0 Å². The summed E-state index contributed by atoms with van der Waals surface area (Å²) >= 11 is 6.54. The standard InChI is InChI=1S/C32H39ClFN5O4/c1-32(2,20-43-6)39-13-11-37(12-14-39)29-16-23(19-36(5)31(29)42)26-18-24(34)17-25(30(26)41)22-7-8-28(27(33)15-22)38(21-40)10-9-35(3)4/h7-10,15-19,21,41H,11-14,20H2,1-6H3/b10-9-. The van der Waals surface area contributed by atoms with Gasteiger partial charge in [-0.2, -0.15) is 0 Å². The third-order valence-corrected chi connectivity index (χ3v) is 8.00. The first-order chi connectivity index (χ1) is 20.4. The van der Waals surface area contributed by atoms with Gasteiger partial charge in [0, 0.05) is 95.3 Å². The highest BCUT2D eigenvalue weighted by Gasteiger charge is 2.31. The van der Waals surface area contributed by atoms with Gasteiger partial charge in [0.1, 0.15) is 17.3 Å². The number of amides is 1. The lowest BCUT2D eigenvalue weighted by Crippen LogP contribution is -2.57. The Morgan fingerprint density at radius 1 is 1.05 bits per heavy atom. The topological polar surface area (TPSA) is 81.5 Å². The second kappa shape index (κ2) is 13.2. The zero-order valence-corrected chi connectivity index (χ0v) is 26.2. The summed E-state index contributed by atoms with van der Waals surface area (Å²) in [5, 5.41) is 11.7. The second-order valence-corrected chi connectivity index (χ2v) is 11.9. The maximum absolute atomic E-state index is 15.1. The zero-order chi connectivity index (χ0) is 31.5. The minimum absolute atomic E-state index is 0.132. The van der Waals surface area contributed by atoms with Crippen LogP contribution in [0.1, 0.15) is 13.8 Å². The summed E-state index contributed by atoms with van der Waals surface area (Å²) in [7, 11) is 6.99. The molecule has 0 atom stereocenters. The Morgan fingerprint density at radius 3 is 2.28 bits per heavy atom. The maximum atomic E-state index is 15.1. The van der Waals surface area contributed by atoms with Crippen LogP contribution in [0, 0.1) is 5.82 Å². The van der Waals surface area contributed by atoms with Crippen LogP contribution in [0.3, 0.4) is 0 Å². The predicted octanol–water partition coefficient (Wildman–Crippen LogP) is 4.76. The lowest BCUT2D eigenvalue weighted by atomic mass is 9.97. The van der Waals surface area contributed by atoms with Gasteiger partial charge < -0.3 is 24.2 Å². The first-order valence-corrected chi connectivity index (χ1v) is 14.3. The average Bonchev–Trinajstić information content (AvgIpc) is 2.96. The number of benzene rings is 2. The van der Waals surface area contributed by atoms with Gasteiger partial charge in [-0.05, 0) is 49.7 Å². The monoisotopic (exact) mass is 611 g/mol. The third kappa shape index (κ3) is 7.04. The number of aryl methyl sites for hydroxylation is 1. The summed E-state index contributed by atoms with van der Waals surface area (Å²) in [5.41, 5.74) is 2.06. The Labute approximate surface area is 256 Å². The Morgan fingerprint density at radius 2 is 1.70 bits per heavy atom. The molecule has 2 aromatic carbocycles. The molecule has 0 radical (unpaired) electrons. The quantitative estimate of drug-likeness (QED) is 0.331. The minimum atomic E-state index is -0.559. The van der Waals surface area contributed by atoms with Crippen molar-refractivity contribution in [1.29, 1.82) is 0 Å². The van der Waals surface area contributed by atoms with E-state index in [0.717, 1.165) is 13.1 Å². The van der Waals surface area contributed by atoms with E-state index in [-0.39, 0.29) is 33.0 Å². The van der Waals surface area contributed by atoms with E-state index in [0.29, 0.717) is 48.6 Å². The highest BCUT2D eigenvalue weighted by atomic mass is 35.5. The fraction of sp³-hybridized carbons (Fsp3) is 0.375. The van der Waals surface area contributed by atoms with Crippen molar-refractivity contribution in [3.8, 4) is 28.0 Å². The highest BCUT2D eigenvalue weighted by molar-refractivity contribution is 6.34. The van der Waals surface area contributed by atoms with E-state index in [4.69, 9.17) is 16.3 Å². The predicted molar refractivity (Wildman–Crippen MR) is 170 cm³/mol. The number of rotatable bonds is 10. The number of methoxy groups -OCH3 is 1. The van der Waals surface area contributed by atoms with Crippen LogP contribution in [0.2, 0.25) is 5.02 Å². The van der Waals surface area contributed by atoms with E-state index in [2.05, 4.69) is 18.7 Å². The van der Waals surface area contributed by atoms with E-state index in [1.807, 2.05) is 19.0 Å². The molecule has 4 rings (SSSR count). The summed E-state index contributed by atoms with van der Waals surface area (Å²) in [6, 6.07) is 9.07. The molecule has 1 fully saturated rings. The van der Waals surface area contributed by atoms with Crippen LogP contribution in [0.15, 0.2) is 59.8 Å². The average molecular weight is 612 g/mol. The molecule has 1 aliphatic heterocycles. The second-order valence-electron chi connectivity index (χ2n) is 11.5. The third-order valence-electron chi connectivity index (χ3n) is 7.70. The number of aromatic hydroxyl groups is 1. The van der Waals surface area contributed by atoms with Crippen molar-refractivity contribution in [3.05, 3.63) is 76.2 Å². The summed E-state index contributed by atoms with van der Waals surface area (Å²) < 4.78 is 21.9. The molecule has 1 aliphatic rings. The molecule has 3 aromatic rings. The highest BCUT2D eigenvalue weighted by Crippen LogP contribution is 2.41. The molecule has 1 saturated heterocycles. The number of phenolic OH excluding ortho intramolecular Hbond substituents is 1. The molecular weight excluding hydrogens is 573 g/mol. The molecule has 9 nitrogen and oxygen atoms in total. The van der Waals surface area contributed by atoms with Crippen LogP contribution in [-0.4, -0.2) is 85.4 Å². The molecule has 1 N–H and O–H groups in total. The molecule has 0 bridgehead atoms. The number of ether oxygens (including phenoxy) is 1. The Kier molecular flexibility index (Phi) is 9.84. The minimum Gasteiger partial charge on any atom is -0.507 e. The molecule has 0 spiro atoms. The van der Waals surface area contributed by atoms with Crippen molar-refractivity contribution >= 4 is 29.4 Å². The van der Waals surface area contributed by atoms with Gasteiger partial charge in [0.2, 0.25) is 6.41 Å². The molecule has 43 heavy (non-hydrogen) atoms. The van der Waals surface area contributed by atoms with Crippen molar-refractivity contribution in [2.75, 3.05) is 63.8 Å². The smallest absolute Gasteiger partial charge is 0.273 e. The van der Waals surface area contributed by atoms with Gasteiger partial charge in [0.05, 0.1) is 17.3 Å². The Bertz CT molecular complexity index is 1560. The number of hydrogen-bond acceptors (Lipinski definition) is 7.